The third kappa shape index (κ3) is 6.89. The number of aromatic hydroxyl groups is 1. The Morgan fingerprint density at radius 2 is 1.70 bits per heavy atom. The van der Waals surface area contributed by atoms with Crippen LogP contribution in [0.3, 0.4) is 0 Å². The second kappa shape index (κ2) is 11.2. The maximum Gasteiger partial charge on any atom is 0.341 e. The summed E-state index contributed by atoms with van der Waals surface area (Å²) in [7, 11) is 0. The zero-order valence-corrected chi connectivity index (χ0v) is 15.9. The van der Waals surface area contributed by atoms with E-state index in [2.05, 4.69) is 6.92 Å². The Morgan fingerprint density at radius 3 is 2.44 bits per heavy atom. The molecule has 0 unspecified atom stereocenters. The molecule has 0 radical (unpaired) electrons. The van der Waals surface area contributed by atoms with Gasteiger partial charge in [-0.2, -0.15) is 0 Å². The number of rotatable bonds is 11. The van der Waals surface area contributed by atoms with Crippen molar-refractivity contribution in [3.05, 3.63) is 65.2 Å². The van der Waals surface area contributed by atoms with Crippen molar-refractivity contribution >= 4 is 11.8 Å². The zero-order valence-electron chi connectivity index (χ0n) is 15.9. The minimum atomic E-state index is -0.610. The topological polar surface area (TPSA) is 63.6 Å². The molecule has 27 heavy (non-hydrogen) atoms. The van der Waals surface area contributed by atoms with E-state index in [4.69, 9.17) is 4.74 Å². The lowest BCUT2D eigenvalue weighted by Crippen LogP contribution is -2.10. The van der Waals surface area contributed by atoms with Gasteiger partial charge in [-0.25, -0.2) is 4.79 Å². The van der Waals surface area contributed by atoms with Gasteiger partial charge < -0.3 is 9.84 Å². The van der Waals surface area contributed by atoms with Crippen LogP contribution in [0.5, 0.6) is 5.75 Å². The van der Waals surface area contributed by atoms with Gasteiger partial charge in [-0.05, 0) is 30.2 Å². The summed E-state index contributed by atoms with van der Waals surface area (Å²) in [6.07, 6.45) is 6.43. The number of hydrogen-bond donors (Lipinski definition) is 1. The molecule has 0 aliphatic rings. The van der Waals surface area contributed by atoms with E-state index in [1.54, 1.807) is 6.07 Å². The molecule has 0 fully saturated rings. The Labute approximate surface area is 161 Å². The van der Waals surface area contributed by atoms with Crippen LogP contribution >= 0.6 is 0 Å². The van der Waals surface area contributed by atoms with Gasteiger partial charge in [-0.15, -0.1) is 0 Å². The van der Waals surface area contributed by atoms with Gasteiger partial charge in [0.1, 0.15) is 11.3 Å². The summed E-state index contributed by atoms with van der Waals surface area (Å²) >= 11 is 0. The molecule has 0 aromatic heterocycles. The average molecular weight is 368 g/mol. The lowest BCUT2D eigenvalue weighted by molar-refractivity contribution is 0.0506. The van der Waals surface area contributed by atoms with Gasteiger partial charge in [0.25, 0.3) is 0 Å². The predicted molar refractivity (Wildman–Crippen MR) is 106 cm³/mol. The molecule has 0 atom stereocenters. The normalized spacial score (nSPS) is 10.6. The smallest absolute Gasteiger partial charge is 0.341 e. The molecule has 0 saturated carbocycles. The Balaban J connectivity index is 1.89. The van der Waals surface area contributed by atoms with Gasteiger partial charge in [-0.1, -0.05) is 62.9 Å². The average Bonchev–Trinajstić information content (AvgIpc) is 2.68. The number of carbonyl (C=O) groups excluding carboxylic acids is 2. The number of Topliss-reactive ketones (excluding diaryl/α,β-unsaturated/α-hetero) is 1. The van der Waals surface area contributed by atoms with Crippen LogP contribution in [0.4, 0.5) is 0 Å². The first kappa shape index (κ1) is 20.7. The number of phenols is 1. The first-order valence-corrected chi connectivity index (χ1v) is 9.69. The van der Waals surface area contributed by atoms with Crippen molar-refractivity contribution < 1.29 is 19.4 Å². The van der Waals surface area contributed by atoms with Gasteiger partial charge in [0, 0.05) is 18.4 Å². The van der Waals surface area contributed by atoms with Crippen molar-refractivity contribution in [1.29, 1.82) is 0 Å². The first-order chi connectivity index (χ1) is 13.1. The Bertz CT molecular complexity index is 737. The lowest BCUT2D eigenvalue weighted by atomic mass is 10.0. The fraction of sp³-hybridized carbons (Fsp3) is 0.391. The molecule has 4 heteroatoms. The summed E-state index contributed by atoms with van der Waals surface area (Å²) < 4.78 is 5.26. The van der Waals surface area contributed by atoms with Gasteiger partial charge in [-0.3, -0.25) is 4.79 Å². The number of benzene rings is 2. The number of unbranched alkanes of at least 4 members (excludes halogenated alkanes) is 4. The monoisotopic (exact) mass is 368 g/mol. The Kier molecular flexibility index (Phi) is 8.56. The zero-order chi connectivity index (χ0) is 19.5. The fourth-order valence-corrected chi connectivity index (χ4v) is 2.89. The predicted octanol–water partition coefficient (Wildman–Crippen LogP) is 5.33. The van der Waals surface area contributed by atoms with Crippen molar-refractivity contribution in [2.75, 3.05) is 6.61 Å². The fourth-order valence-electron chi connectivity index (χ4n) is 2.89. The number of ketones is 1. The second-order valence-corrected chi connectivity index (χ2v) is 6.69. The minimum absolute atomic E-state index is 0.00941. The maximum absolute atomic E-state index is 12.3. The SMILES string of the molecule is CCCCCCCC(=O)c1ccc(O)c(C(=O)OCCc2ccccc2)c1. The Hall–Kier alpha value is -2.62. The number of hydrogen-bond acceptors (Lipinski definition) is 4. The summed E-state index contributed by atoms with van der Waals surface area (Å²) in [5, 5.41) is 9.96. The van der Waals surface area contributed by atoms with E-state index in [-0.39, 0.29) is 23.7 Å². The standard InChI is InChI=1S/C23H28O4/c1-2-3-4-5-9-12-21(24)19-13-14-22(25)20(17-19)23(26)27-16-15-18-10-7-6-8-11-18/h6-8,10-11,13-14,17,25H,2-5,9,12,15-16H2,1H3. The highest BCUT2D eigenvalue weighted by Crippen LogP contribution is 2.21. The second-order valence-electron chi connectivity index (χ2n) is 6.69. The first-order valence-electron chi connectivity index (χ1n) is 9.69. The minimum Gasteiger partial charge on any atom is -0.507 e. The summed E-state index contributed by atoms with van der Waals surface area (Å²) in [6.45, 7) is 2.37. The highest BCUT2D eigenvalue weighted by Gasteiger charge is 2.16. The van der Waals surface area contributed by atoms with E-state index in [1.165, 1.54) is 25.0 Å². The van der Waals surface area contributed by atoms with Crippen LogP contribution in [-0.4, -0.2) is 23.5 Å². The Morgan fingerprint density at radius 1 is 0.963 bits per heavy atom. The molecule has 2 rings (SSSR count). The van der Waals surface area contributed by atoms with Crippen molar-refractivity contribution in [2.45, 2.75) is 51.9 Å². The largest absolute Gasteiger partial charge is 0.507 e. The van der Waals surface area contributed by atoms with Gasteiger partial charge in [0.2, 0.25) is 0 Å². The van der Waals surface area contributed by atoms with Crippen molar-refractivity contribution in [3.63, 3.8) is 0 Å². The number of ether oxygens (including phenoxy) is 1. The molecule has 0 bridgehead atoms. The molecule has 2 aromatic rings. The van der Waals surface area contributed by atoms with Crippen molar-refractivity contribution in [3.8, 4) is 5.75 Å². The van der Waals surface area contributed by atoms with Gasteiger partial charge in [0.15, 0.2) is 5.78 Å². The van der Waals surface area contributed by atoms with Crippen LogP contribution in [0.1, 0.15) is 71.7 Å². The molecule has 0 aliphatic heterocycles. The number of esters is 1. The highest BCUT2D eigenvalue weighted by molar-refractivity contribution is 6.00. The van der Waals surface area contributed by atoms with E-state index in [0.717, 1.165) is 24.8 Å². The quantitative estimate of drug-likeness (QED) is 0.330. The summed E-state index contributed by atoms with van der Waals surface area (Å²) in [6, 6.07) is 14.1. The molecule has 1 N–H and O–H groups in total. The third-order valence-corrected chi connectivity index (χ3v) is 4.51. The highest BCUT2D eigenvalue weighted by atomic mass is 16.5. The molecule has 4 nitrogen and oxygen atoms in total. The van der Waals surface area contributed by atoms with Gasteiger partial charge in [0.05, 0.1) is 6.61 Å². The van der Waals surface area contributed by atoms with E-state index >= 15 is 0 Å². The van der Waals surface area contributed by atoms with Crippen LogP contribution in [-0.2, 0) is 11.2 Å². The lowest BCUT2D eigenvalue weighted by Gasteiger charge is -2.08. The summed E-state index contributed by atoms with van der Waals surface area (Å²) in [4.78, 5) is 24.6. The molecular formula is C23H28O4. The van der Waals surface area contributed by atoms with E-state index in [0.29, 0.717) is 18.4 Å². The molecule has 144 valence electrons. The molecule has 2 aromatic carbocycles. The van der Waals surface area contributed by atoms with E-state index in [1.807, 2.05) is 30.3 Å². The van der Waals surface area contributed by atoms with E-state index in [9.17, 15) is 14.7 Å². The van der Waals surface area contributed by atoms with Crippen molar-refractivity contribution in [1.82, 2.24) is 0 Å². The molecule has 0 spiro atoms. The van der Waals surface area contributed by atoms with Crippen LogP contribution in [0, 0.1) is 0 Å². The molecule has 0 aliphatic carbocycles. The van der Waals surface area contributed by atoms with Crippen LogP contribution in [0.2, 0.25) is 0 Å². The van der Waals surface area contributed by atoms with Crippen LogP contribution in [0.25, 0.3) is 0 Å². The van der Waals surface area contributed by atoms with E-state index < -0.39 is 5.97 Å². The van der Waals surface area contributed by atoms with Crippen LogP contribution in [0.15, 0.2) is 48.5 Å². The van der Waals surface area contributed by atoms with Gasteiger partial charge >= 0.3 is 5.97 Å². The molecule has 0 amide bonds. The third-order valence-electron chi connectivity index (χ3n) is 4.51. The summed E-state index contributed by atoms with van der Waals surface area (Å²) in [5.41, 5.74) is 1.56. The summed E-state index contributed by atoms with van der Waals surface area (Å²) in [5.74, 6) is -0.787. The number of carbonyl (C=O) groups is 2. The van der Waals surface area contributed by atoms with Crippen LogP contribution < -0.4 is 0 Å². The molecule has 0 heterocycles. The van der Waals surface area contributed by atoms with Crippen molar-refractivity contribution in [2.24, 2.45) is 0 Å². The molecular weight excluding hydrogens is 340 g/mol. The molecule has 0 saturated heterocycles. The maximum atomic E-state index is 12.3. The number of phenolic OH excluding ortho intramolecular Hbond substituents is 1.